The first-order valence-corrected chi connectivity index (χ1v) is 14.8. The summed E-state index contributed by atoms with van der Waals surface area (Å²) >= 11 is 0. The number of nitrogens with zero attached hydrogens (tertiary/aromatic N) is 1. The SMILES string of the molecule is CN(O)C(=O)[C@@]1(C)CC[C@]2(C)CC[C@]3(C)[C@H](CC[C@@H]4[C@@]5(C)CC[C@H](N)C(C)(C)C5CC[C@]43C)[C@H]2C1. The van der Waals surface area contributed by atoms with Crippen LogP contribution in [0.15, 0.2) is 0 Å². The standard InChI is InChI=1S/C31H54N2O2/c1-26(2)22-11-14-31(7)23(29(22,5)13-12-24(26)32)10-9-20-21-19-28(4,25(34)33(8)35)16-15-27(21,3)17-18-30(20,31)6/h20-24,35H,9-19,32H2,1-8H3/t20-,21-,22?,23-,24+,27-,28+,29+,30-,31-/m1/s1. The molecule has 35 heavy (non-hydrogen) atoms. The number of fused-ring (bicyclic) bond motifs is 7. The van der Waals surface area contributed by atoms with Gasteiger partial charge in [-0.3, -0.25) is 10.0 Å². The number of rotatable bonds is 1. The van der Waals surface area contributed by atoms with Crippen LogP contribution in [-0.4, -0.2) is 29.3 Å². The summed E-state index contributed by atoms with van der Waals surface area (Å²) in [6.07, 6.45) is 13.4. The van der Waals surface area contributed by atoms with Gasteiger partial charge in [0.2, 0.25) is 0 Å². The fourth-order valence-electron chi connectivity index (χ4n) is 11.8. The van der Waals surface area contributed by atoms with Crippen molar-refractivity contribution in [2.24, 2.45) is 61.9 Å². The number of carbonyl (C=O) groups is 1. The first kappa shape index (κ1) is 26.0. The Morgan fingerprint density at radius 2 is 1.43 bits per heavy atom. The molecule has 4 nitrogen and oxygen atoms in total. The van der Waals surface area contributed by atoms with E-state index in [1.54, 1.807) is 0 Å². The van der Waals surface area contributed by atoms with Gasteiger partial charge in [-0.1, -0.05) is 48.5 Å². The molecular formula is C31H54N2O2. The molecule has 5 aliphatic carbocycles. The lowest BCUT2D eigenvalue weighted by Gasteiger charge is -2.73. The molecule has 5 rings (SSSR count). The molecule has 0 saturated heterocycles. The molecule has 3 N–H and O–H groups in total. The van der Waals surface area contributed by atoms with Gasteiger partial charge in [0.1, 0.15) is 0 Å². The van der Waals surface area contributed by atoms with E-state index < -0.39 is 5.41 Å². The molecule has 0 bridgehead atoms. The highest BCUT2D eigenvalue weighted by Crippen LogP contribution is 2.76. The molecule has 0 aromatic carbocycles. The summed E-state index contributed by atoms with van der Waals surface area (Å²) in [5.74, 6) is 2.66. The number of carbonyl (C=O) groups excluding carboxylic acids is 1. The van der Waals surface area contributed by atoms with Crippen LogP contribution in [0, 0.1) is 56.2 Å². The van der Waals surface area contributed by atoms with E-state index in [0.29, 0.717) is 39.5 Å². The van der Waals surface area contributed by atoms with Gasteiger partial charge in [0.15, 0.2) is 0 Å². The van der Waals surface area contributed by atoms with E-state index in [2.05, 4.69) is 48.5 Å². The van der Waals surface area contributed by atoms with Crippen molar-refractivity contribution in [1.29, 1.82) is 0 Å². The Bertz CT molecular complexity index is 885. The maximum absolute atomic E-state index is 13.1. The summed E-state index contributed by atoms with van der Waals surface area (Å²) in [6, 6.07) is 0.328. The minimum Gasteiger partial charge on any atom is -0.327 e. The van der Waals surface area contributed by atoms with Crippen molar-refractivity contribution >= 4 is 5.91 Å². The molecular weight excluding hydrogens is 432 g/mol. The molecule has 0 aromatic rings. The summed E-state index contributed by atoms with van der Waals surface area (Å²) in [6.45, 7) is 17.6. The lowest BCUT2D eigenvalue weighted by atomic mass is 9.31. The number of hydroxylamine groups is 2. The zero-order valence-electron chi connectivity index (χ0n) is 24.0. The predicted octanol–water partition coefficient (Wildman–Crippen LogP) is 7.04. The van der Waals surface area contributed by atoms with Crippen LogP contribution in [0.5, 0.6) is 0 Å². The molecule has 5 fully saturated rings. The third-order valence-electron chi connectivity index (χ3n) is 14.4. The van der Waals surface area contributed by atoms with Gasteiger partial charge < -0.3 is 5.73 Å². The maximum Gasteiger partial charge on any atom is 0.251 e. The predicted molar refractivity (Wildman–Crippen MR) is 142 cm³/mol. The number of hydrogen-bond acceptors (Lipinski definition) is 3. The Hall–Kier alpha value is -0.610. The third kappa shape index (κ3) is 3.26. The molecule has 5 saturated carbocycles. The highest BCUT2D eigenvalue weighted by atomic mass is 16.5. The van der Waals surface area contributed by atoms with E-state index in [9.17, 15) is 10.0 Å². The molecule has 1 unspecified atom stereocenters. The summed E-state index contributed by atoms with van der Waals surface area (Å²) in [4.78, 5) is 13.1. The largest absolute Gasteiger partial charge is 0.327 e. The van der Waals surface area contributed by atoms with Gasteiger partial charge in [-0.15, -0.1) is 0 Å². The van der Waals surface area contributed by atoms with Gasteiger partial charge in [-0.05, 0) is 121 Å². The molecule has 4 heteroatoms. The second kappa shape index (κ2) is 7.71. The minimum atomic E-state index is -0.434. The Kier molecular flexibility index (Phi) is 5.73. The quantitative estimate of drug-likeness (QED) is 0.308. The van der Waals surface area contributed by atoms with Gasteiger partial charge in [0.25, 0.3) is 5.91 Å². The maximum atomic E-state index is 13.1. The molecule has 0 aromatic heterocycles. The van der Waals surface area contributed by atoms with Crippen molar-refractivity contribution in [3.05, 3.63) is 0 Å². The zero-order valence-corrected chi connectivity index (χ0v) is 24.0. The molecule has 0 radical (unpaired) electrons. The van der Waals surface area contributed by atoms with Crippen LogP contribution < -0.4 is 5.73 Å². The Morgan fingerprint density at radius 3 is 2.09 bits per heavy atom. The second-order valence-corrected chi connectivity index (χ2v) is 16.0. The van der Waals surface area contributed by atoms with Crippen LogP contribution in [0.4, 0.5) is 0 Å². The van der Waals surface area contributed by atoms with E-state index in [-0.39, 0.29) is 11.3 Å². The average molecular weight is 487 g/mol. The second-order valence-electron chi connectivity index (χ2n) is 16.0. The molecule has 10 atom stereocenters. The summed E-state index contributed by atoms with van der Waals surface area (Å²) < 4.78 is 0. The summed E-state index contributed by atoms with van der Waals surface area (Å²) in [5, 5.41) is 10.9. The highest BCUT2D eigenvalue weighted by Gasteiger charge is 2.69. The van der Waals surface area contributed by atoms with Gasteiger partial charge in [0.05, 0.1) is 0 Å². The Morgan fingerprint density at radius 1 is 0.771 bits per heavy atom. The topological polar surface area (TPSA) is 66.6 Å². The van der Waals surface area contributed by atoms with Crippen LogP contribution in [0.25, 0.3) is 0 Å². The smallest absolute Gasteiger partial charge is 0.251 e. The lowest BCUT2D eigenvalue weighted by molar-refractivity contribution is -0.246. The van der Waals surface area contributed by atoms with Crippen LogP contribution in [-0.2, 0) is 4.79 Å². The number of nitrogens with two attached hydrogens (primary N) is 1. The van der Waals surface area contributed by atoms with E-state index in [1.807, 2.05) is 0 Å². The Balaban J connectivity index is 1.50. The van der Waals surface area contributed by atoms with Gasteiger partial charge >= 0.3 is 0 Å². The summed E-state index contributed by atoms with van der Waals surface area (Å²) in [5.41, 5.74) is 7.91. The fourth-order valence-corrected chi connectivity index (χ4v) is 11.8. The molecule has 5 aliphatic rings. The fraction of sp³-hybridized carbons (Fsp3) is 0.968. The molecule has 0 spiro atoms. The average Bonchev–Trinajstić information content (AvgIpc) is 2.78. The molecule has 1 amide bonds. The normalized spacial score (nSPS) is 55.1. The van der Waals surface area contributed by atoms with Gasteiger partial charge in [0, 0.05) is 18.5 Å². The van der Waals surface area contributed by atoms with Gasteiger partial charge in [-0.2, -0.15) is 0 Å². The van der Waals surface area contributed by atoms with E-state index in [4.69, 9.17) is 5.73 Å². The van der Waals surface area contributed by atoms with Gasteiger partial charge in [-0.25, -0.2) is 5.06 Å². The molecule has 0 aliphatic heterocycles. The Labute approximate surface area is 215 Å². The minimum absolute atomic E-state index is 0.0829. The van der Waals surface area contributed by atoms with Crippen molar-refractivity contribution in [2.75, 3.05) is 7.05 Å². The van der Waals surface area contributed by atoms with Crippen molar-refractivity contribution < 1.29 is 10.0 Å². The van der Waals surface area contributed by atoms with Crippen molar-refractivity contribution in [3.63, 3.8) is 0 Å². The summed E-state index contributed by atoms with van der Waals surface area (Å²) in [7, 11) is 1.51. The van der Waals surface area contributed by atoms with E-state index >= 15 is 0 Å². The molecule has 200 valence electrons. The van der Waals surface area contributed by atoms with Crippen molar-refractivity contribution in [3.8, 4) is 0 Å². The first-order chi connectivity index (χ1) is 16.1. The van der Waals surface area contributed by atoms with Crippen LogP contribution in [0.1, 0.15) is 119 Å². The van der Waals surface area contributed by atoms with Crippen LogP contribution in [0.3, 0.4) is 0 Å². The third-order valence-corrected chi connectivity index (χ3v) is 14.4. The number of amides is 1. The van der Waals surface area contributed by atoms with E-state index in [1.165, 1.54) is 58.4 Å². The van der Waals surface area contributed by atoms with Crippen molar-refractivity contribution in [1.82, 2.24) is 5.06 Å². The monoisotopic (exact) mass is 486 g/mol. The zero-order chi connectivity index (χ0) is 25.8. The molecule has 0 heterocycles. The van der Waals surface area contributed by atoms with E-state index in [0.717, 1.165) is 36.2 Å². The number of hydrogen-bond donors (Lipinski definition) is 2. The van der Waals surface area contributed by atoms with Crippen molar-refractivity contribution in [2.45, 2.75) is 125 Å². The van der Waals surface area contributed by atoms with Crippen LogP contribution in [0.2, 0.25) is 0 Å². The van der Waals surface area contributed by atoms with Crippen LogP contribution >= 0.6 is 0 Å². The highest BCUT2D eigenvalue weighted by molar-refractivity contribution is 5.81. The first-order valence-electron chi connectivity index (χ1n) is 14.8. The lowest BCUT2D eigenvalue weighted by Crippen LogP contribution is -2.67.